The summed E-state index contributed by atoms with van der Waals surface area (Å²) in [5.74, 6) is 0.120. The Kier molecular flexibility index (Phi) is 5.84. The Hall–Kier alpha value is -3.48. The van der Waals surface area contributed by atoms with E-state index in [9.17, 15) is 9.90 Å². The minimum absolute atomic E-state index is 0.159. The maximum Gasteiger partial charge on any atom is 0.267 e. The monoisotopic (exact) mass is 433 g/mol. The molecule has 0 spiro atoms. The third-order valence-electron chi connectivity index (χ3n) is 5.09. The number of nitrogens with two attached hydrogens (primary N) is 1. The van der Waals surface area contributed by atoms with Gasteiger partial charge >= 0.3 is 0 Å². The highest BCUT2D eigenvalue weighted by atomic mass is 35.5. The van der Waals surface area contributed by atoms with Crippen molar-refractivity contribution in [2.75, 3.05) is 7.11 Å². The number of amides is 1. The summed E-state index contributed by atoms with van der Waals surface area (Å²) in [5.41, 5.74) is 9.51. The molecule has 4 rings (SSSR count). The third kappa shape index (κ3) is 4.50. The summed E-state index contributed by atoms with van der Waals surface area (Å²) in [7, 11) is 1.61. The first kappa shape index (κ1) is 20.8. The molecule has 0 radical (unpaired) electrons. The lowest BCUT2D eigenvalue weighted by molar-refractivity contribution is 0.0996. The van der Waals surface area contributed by atoms with Gasteiger partial charge in [-0.2, -0.15) is 0 Å². The molecule has 1 amide bonds. The second-order valence-electron chi connectivity index (χ2n) is 7.13. The first-order valence-corrected chi connectivity index (χ1v) is 10.00. The summed E-state index contributed by atoms with van der Waals surface area (Å²) >= 11 is 5.83. The number of aliphatic hydroxyl groups is 1. The Bertz CT molecular complexity index is 1240. The number of aromatic nitrogens is 2. The number of carbonyl (C=O) groups is 1. The van der Waals surface area contributed by atoms with E-state index < -0.39 is 12.0 Å². The van der Waals surface area contributed by atoms with E-state index in [0.717, 1.165) is 27.8 Å². The lowest BCUT2D eigenvalue weighted by atomic mass is 9.96. The van der Waals surface area contributed by atoms with Crippen molar-refractivity contribution in [1.29, 1.82) is 0 Å². The second-order valence-corrected chi connectivity index (χ2v) is 7.52. The van der Waals surface area contributed by atoms with Gasteiger partial charge in [0.1, 0.15) is 16.6 Å². The quantitative estimate of drug-likeness (QED) is 0.441. The lowest BCUT2D eigenvalue weighted by Gasteiger charge is -2.14. The third-order valence-corrected chi connectivity index (χ3v) is 5.31. The van der Waals surface area contributed by atoms with Crippen LogP contribution in [-0.4, -0.2) is 28.1 Å². The largest absolute Gasteiger partial charge is 0.497 e. The topological polar surface area (TPSA) is 98.3 Å². The van der Waals surface area contributed by atoms with Crippen molar-refractivity contribution in [2.45, 2.75) is 12.5 Å². The highest BCUT2D eigenvalue weighted by Crippen LogP contribution is 2.32. The van der Waals surface area contributed by atoms with Crippen LogP contribution in [0.25, 0.3) is 22.0 Å². The van der Waals surface area contributed by atoms with E-state index in [-0.39, 0.29) is 5.69 Å². The number of ether oxygens (including phenoxy) is 1. The molecule has 156 valence electrons. The van der Waals surface area contributed by atoms with Gasteiger partial charge < -0.3 is 15.6 Å². The Morgan fingerprint density at radius 1 is 1.13 bits per heavy atom. The van der Waals surface area contributed by atoms with E-state index in [1.165, 1.54) is 0 Å². The number of methoxy groups -OCH3 is 1. The molecule has 3 N–H and O–H groups in total. The van der Waals surface area contributed by atoms with E-state index in [4.69, 9.17) is 22.1 Å². The van der Waals surface area contributed by atoms with E-state index in [0.29, 0.717) is 22.7 Å². The summed E-state index contributed by atoms with van der Waals surface area (Å²) in [5, 5.41) is 12.0. The van der Waals surface area contributed by atoms with Gasteiger partial charge in [-0.25, -0.2) is 9.97 Å². The SMILES string of the molecule is COc1ccc(-c2cc(C(N)=O)nc3cc(C(O)Cc4ccc(Cl)nc4)ccc23)cc1. The average molecular weight is 434 g/mol. The predicted octanol–water partition coefficient (Wildman–Crippen LogP) is 4.33. The fraction of sp³-hybridized carbons (Fsp3) is 0.125. The van der Waals surface area contributed by atoms with Gasteiger partial charge in [0.25, 0.3) is 5.91 Å². The van der Waals surface area contributed by atoms with Crippen molar-refractivity contribution in [3.63, 3.8) is 0 Å². The van der Waals surface area contributed by atoms with Crippen LogP contribution >= 0.6 is 11.6 Å². The predicted molar refractivity (Wildman–Crippen MR) is 120 cm³/mol. The number of primary amides is 1. The smallest absolute Gasteiger partial charge is 0.267 e. The highest BCUT2D eigenvalue weighted by Gasteiger charge is 2.15. The molecule has 31 heavy (non-hydrogen) atoms. The number of carbonyl (C=O) groups excluding carboxylic acids is 1. The van der Waals surface area contributed by atoms with Crippen LogP contribution in [-0.2, 0) is 6.42 Å². The number of benzene rings is 2. The van der Waals surface area contributed by atoms with E-state index in [2.05, 4.69) is 9.97 Å². The molecule has 2 heterocycles. The zero-order valence-corrected chi connectivity index (χ0v) is 17.5. The van der Waals surface area contributed by atoms with Crippen LogP contribution in [0.1, 0.15) is 27.7 Å². The molecular formula is C24H20ClN3O3. The summed E-state index contributed by atoms with van der Waals surface area (Å²) < 4.78 is 5.23. The normalized spacial score (nSPS) is 12.0. The standard InChI is InChI=1S/C24H20ClN3O3/c1-31-17-6-3-15(4-7-17)19-12-21(24(26)30)28-20-11-16(5-8-18(19)20)22(29)10-14-2-9-23(25)27-13-14/h2-9,11-13,22,29H,10H2,1H3,(H2,26,30). The molecule has 4 aromatic rings. The van der Waals surface area contributed by atoms with Crippen LogP contribution in [0.2, 0.25) is 5.15 Å². The lowest BCUT2D eigenvalue weighted by Crippen LogP contribution is -2.13. The van der Waals surface area contributed by atoms with E-state index >= 15 is 0 Å². The van der Waals surface area contributed by atoms with Crippen molar-refractivity contribution in [1.82, 2.24) is 9.97 Å². The van der Waals surface area contributed by atoms with Crippen molar-refractivity contribution < 1.29 is 14.6 Å². The van der Waals surface area contributed by atoms with Crippen LogP contribution in [0, 0.1) is 0 Å². The maximum absolute atomic E-state index is 11.9. The average Bonchev–Trinajstić information content (AvgIpc) is 2.79. The molecule has 7 heteroatoms. The summed E-state index contributed by atoms with van der Waals surface area (Å²) in [6.07, 6.45) is 1.24. The Labute approximate surface area is 184 Å². The van der Waals surface area contributed by atoms with E-state index in [1.54, 1.807) is 31.5 Å². The second kappa shape index (κ2) is 8.71. The van der Waals surface area contributed by atoms with Gasteiger partial charge in [0.15, 0.2) is 0 Å². The number of fused-ring (bicyclic) bond motifs is 1. The first-order chi connectivity index (χ1) is 14.9. The van der Waals surface area contributed by atoms with Crippen molar-refractivity contribution in [3.8, 4) is 16.9 Å². The molecule has 0 aliphatic heterocycles. The maximum atomic E-state index is 11.9. The highest BCUT2D eigenvalue weighted by molar-refractivity contribution is 6.29. The van der Waals surface area contributed by atoms with Crippen molar-refractivity contribution >= 4 is 28.4 Å². The zero-order chi connectivity index (χ0) is 22.0. The van der Waals surface area contributed by atoms with Gasteiger partial charge in [0.2, 0.25) is 0 Å². The molecule has 1 unspecified atom stereocenters. The summed E-state index contributed by atoms with van der Waals surface area (Å²) in [4.78, 5) is 20.4. The Morgan fingerprint density at radius 3 is 2.55 bits per heavy atom. The number of pyridine rings is 2. The number of halogens is 1. The Balaban J connectivity index is 1.75. The van der Waals surface area contributed by atoms with Crippen molar-refractivity contribution in [3.05, 3.63) is 88.8 Å². The molecule has 6 nitrogen and oxygen atoms in total. The number of rotatable bonds is 6. The first-order valence-electron chi connectivity index (χ1n) is 9.62. The van der Waals surface area contributed by atoms with Gasteiger partial charge in [-0.1, -0.05) is 41.9 Å². The van der Waals surface area contributed by atoms with Gasteiger partial charge in [-0.3, -0.25) is 4.79 Å². The summed E-state index contributed by atoms with van der Waals surface area (Å²) in [6.45, 7) is 0. The molecule has 1 atom stereocenters. The number of hydrogen-bond donors (Lipinski definition) is 2. The number of hydrogen-bond acceptors (Lipinski definition) is 5. The van der Waals surface area contributed by atoms with Crippen LogP contribution in [0.15, 0.2) is 66.9 Å². The number of aliphatic hydroxyl groups excluding tert-OH is 1. The van der Waals surface area contributed by atoms with Gasteiger partial charge in [0.05, 0.1) is 18.7 Å². The van der Waals surface area contributed by atoms with Crippen LogP contribution in [0.4, 0.5) is 0 Å². The van der Waals surface area contributed by atoms with Gasteiger partial charge in [-0.15, -0.1) is 0 Å². The van der Waals surface area contributed by atoms with Crippen LogP contribution in [0.5, 0.6) is 5.75 Å². The fourth-order valence-corrected chi connectivity index (χ4v) is 3.57. The van der Waals surface area contributed by atoms with Gasteiger partial charge in [0, 0.05) is 18.0 Å². The van der Waals surface area contributed by atoms with Crippen molar-refractivity contribution in [2.24, 2.45) is 5.73 Å². The van der Waals surface area contributed by atoms with Gasteiger partial charge in [-0.05, 0) is 52.6 Å². The Morgan fingerprint density at radius 2 is 1.90 bits per heavy atom. The molecule has 2 aromatic carbocycles. The minimum Gasteiger partial charge on any atom is -0.497 e. The molecule has 2 aromatic heterocycles. The molecule has 0 aliphatic rings. The minimum atomic E-state index is -0.768. The zero-order valence-electron chi connectivity index (χ0n) is 16.7. The van der Waals surface area contributed by atoms with Crippen LogP contribution < -0.4 is 10.5 Å². The molecular weight excluding hydrogens is 414 g/mol. The fourth-order valence-electron chi connectivity index (χ4n) is 3.46. The molecule has 0 saturated heterocycles. The summed E-state index contributed by atoms with van der Waals surface area (Å²) in [6, 6.07) is 18.2. The molecule has 0 saturated carbocycles. The molecule has 0 fully saturated rings. The molecule has 0 bridgehead atoms. The molecule has 0 aliphatic carbocycles. The van der Waals surface area contributed by atoms with E-state index in [1.807, 2.05) is 42.5 Å². The van der Waals surface area contributed by atoms with Crippen LogP contribution in [0.3, 0.4) is 0 Å². The number of nitrogens with zero attached hydrogens (tertiary/aromatic N) is 2.